The molecule has 2 aliphatic rings. The normalized spacial score (nSPS) is 21.8. The van der Waals surface area contributed by atoms with E-state index in [-0.39, 0.29) is 5.91 Å². The first kappa shape index (κ1) is 16.9. The average molecular weight is 363 g/mol. The molecular weight excluding hydrogens is 344 g/mol. The van der Waals surface area contributed by atoms with Crippen molar-refractivity contribution in [3.05, 3.63) is 41.9 Å². The number of ether oxygens (including phenoxy) is 1. The second-order valence-corrected chi connectivity index (χ2v) is 6.67. The Morgan fingerprint density at radius 1 is 1.35 bits per heavy atom. The smallest absolute Gasteiger partial charge is 0.282 e. The quantitative estimate of drug-likeness (QED) is 0.820. The summed E-state index contributed by atoms with van der Waals surface area (Å²) in [7, 11) is 1.56. The van der Waals surface area contributed by atoms with E-state index in [4.69, 9.17) is 4.74 Å². The van der Waals surface area contributed by atoms with Gasteiger partial charge in [-0.15, -0.1) is 0 Å². The summed E-state index contributed by atoms with van der Waals surface area (Å²) in [5.41, 5.74) is 1.79. The number of halogens is 2. The van der Waals surface area contributed by atoms with Crippen LogP contribution in [0.4, 0.5) is 8.78 Å². The summed E-state index contributed by atoms with van der Waals surface area (Å²) in [4.78, 5) is 20.2. The molecular formula is C17H19F2N5O2. The Morgan fingerprint density at radius 2 is 2.15 bits per heavy atom. The molecule has 4 heterocycles. The number of hydrogen-bond acceptors (Lipinski definition) is 5. The standard InChI is InChI=1S/C17H19F2N5O2/c1-26-15-12(3-2-5-20-15)7-22-8-13-4-6-21-24(13)14(9-22)16(25)23-10-17(18,19)11-23/h2-6,14H,7-11H2,1H3. The highest BCUT2D eigenvalue weighted by Gasteiger charge is 2.48. The zero-order chi connectivity index (χ0) is 18.3. The van der Waals surface area contributed by atoms with Crippen LogP contribution in [0.1, 0.15) is 17.3 Å². The third kappa shape index (κ3) is 3.03. The van der Waals surface area contributed by atoms with Crippen molar-refractivity contribution >= 4 is 5.91 Å². The lowest BCUT2D eigenvalue weighted by Gasteiger charge is -2.42. The van der Waals surface area contributed by atoms with Gasteiger partial charge in [0, 0.05) is 37.6 Å². The van der Waals surface area contributed by atoms with Crippen LogP contribution in [-0.4, -0.2) is 63.1 Å². The maximum Gasteiger partial charge on any atom is 0.282 e. The van der Waals surface area contributed by atoms with Crippen LogP contribution >= 0.6 is 0 Å². The second-order valence-electron chi connectivity index (χ2n) is 6.67. The van der Waals surface area contributed by atoms with Gasteiger partial charge in [-0.05, 0) is 12.1 Å². The summed E-state index contributed by atoms with van der Waals surface area (Å²) in [5, 5.41) is 4.23. The first-order valence-corrected chi connectivity index (χ1v) is 8.36. The van der Waals surface area contributed by atoms with E-state index in [1.807, 2.05) is 18.2 Å². The number of aromatic nitrogens is 3. The molecule has 9 heteroatoms. The molecule has 0 N–H and O–H groups in total. The van der Waals surface area contributed by atoms with Gasteiger partial charge in [0.25, 0.3) is 5.92 Å². The fraction of sp³-hybridized carbons (Fsp3) is 0.471. The fourth-order valence-corrected chi connectivity index (χ4v) is 3.51. The van der Waals surface area contributed by atoms with Crippen LogP contribution in [0.15, 0.2) is 30.6 Å². The minimum atomic E-state index is -2.78. The van der Waals surface area contributed by atoms with Gasteiger partial charge in [-0.2, -0.15) is 5.10 Å². The molecule has 1 atom stereocenters. The number of pyridine rings is 1. The van der Waals surface area contributed by atoms with Gasteiger partial charge in [-0.1, -0.05) is 6.07 Å². The Balaban J connectivity index is 1.54. The molecule has 0 bridgehead atoms. The number of fused-ring (bicyclic) bond motifs is 1. The van der Waals surface area contributed by atoms with Crippen LogP contribution in [0.25, 0.3) is 0 Å². The van der Waals surface area contributed by atoms with Crippen molar-refractivity contribution in [3.63, 3.8) is 0 Å². The van der Waals surface area contributed by atoms with Gasteiger partial charge >= 0.3 is 0 Å². The molecule has 0 aliphatic carbocycles. The number of likely N-dealkylation sites (tertiary alicyclic amines) is 1. The summed E-state index contributed by atoms with van der Waals surface area (Å²) in [6.45, 7) is 0.512. The zero-order valence-corrected chi connectivity index (χ0v) is 14.3. The van der Waals surface area contributed by atoms with Gasteiger partial charge in [0.2, 0.25) is 11.8 Å². The number of nitrogens with zero attached hydrogens (tertiary/aromatic N) is 5. The van der Waals surface area contributed by atoms with Crippen molar-refractivity contribution in [3.8, 4) is 5.88 Å². The molecule has 2 aromatic rings. The van der Waals surface area contributed by atoms with Gasteiger partial charge in [0.1, 0.15) is 6.04 Å². The summed E-state index contributed by atoms with van der Waals surface area (Å²) >= 11 is 0. The van der Waals surface area contributed by atoms with Gasteiger partial charge in [-0.3, -0.25) is 14.4 Å². The maximum atomic E-state index is 13.2. The summed E-state index contributed by atoms with van der Waals surface area (Å²) < 4.78 is 33.2. The van der Waals surface area contributed by atoms with E-state index < -0.39 is 25.1 Å². The van der Waals surface area contributed by atoms with Crippen molar-refractivity contribution in [2.45, 2.75) is 25.1 Å². The van der Waals surface area contributed by atoms with Gasteiger partial charge in [-0.25, -0.2) is 13.8 Å². The van der Waals surface area contributed by atoms with Gasteiger partial charge < -0.3 is 9.64 Å². The maximum absolute atomic E-state index is 13.2. The minimum Gasteiger partial charge on any atom is -0.481 e. The van der Waals surface area contributed by atoms with Crippen molar-refractivity contribution in [1.82, 2.24) is 24.6 Å². The molecule has 1 fully saturated rings. The van der Waals surface area contributed by atoms with E-state index in [2.05, 4.69) is 15.0 Å². The van der Waals surface area contributed by atoms with Crippen LogP contribution in [0.2, 0.25) is 0 Å². The molecule has 1 unspecified atom stereocenters. The van der Waals surface area contributed by atoms with E-state index in [0.29, 0.717) is 25.5 Å². The summed E-state index contributed by atoms with van der Waals surface area (Å²) in [6, 6.07) is 4.99. The predicted molar refractivity (Wildman–Crippen MR) is 87.7 cm³/mol. The predicted octanol–water partition coefficient (Wildman–Crippen LogP) is 1.32. The van der Waals surface area contributed by atoms with E-state index >= 15 is 0 Å². The minimum absolute atomic E-state index is 0.316. The second kappa shape index (κ2) is 6.31. The molecule has 0 saturated carbocycles. The van der Waals surface area contributed by atoms with Gasteiger partial charge in [0.05, 0.1) is 25.9 Å². The summed E-state index contributed by atoms with van der Waals surface area (Å²) in [5.74, 6) is -2.55. The van der Waals surface area contributed by atoms with Crippen LogP contribution < -0.4 is 4.74 Å². The molecule has 0 aromatic carbocycles. The molecule has 26 heavy (non-hydrogen) atoms. The van der Waals surface area contributed by atoms with Crippen molar-refractivity contribution < 1.29 is 18.3 Å². The highest BCUT2D eigenvalue weighted by atomic mass is 19.3. The lowest BCUT2D eigenvalue weighted by atomic mass is 10.1. The average Bonchev–Trinajstić information content (AvgIpc) is 3.07. The summed E-state index contributed by atoms with van der Waals surface area (Å²) in [6.07, 6.45) is 3.29. The SMILES string of the molecule is COc1ncccc1CN1Cc2ccnn2C(C(=O)N2CC(F)(F)C2)C1. The number of carbonyl (C=O) groups excluding carboxylic acids is 1. The van der Waals surface area contributed by atoms with Crippen molar-refractivity contribution in [2.24, 2.45) is 0 Å². The monoisotopic (exact) mass is 363 g/mol. The molecule has 1 amide bonds. The Hall–Kier alpha value is -2.55. The number of amides is 1. The number of rotatable bonds is 4. The Morgan fingerprint density at radius 3 is 2.88 bits per heavy atom. The third-order valence-electron chi connectivity index (χ3n) is 4.74. The van der Waals surface area contributed by atoms with Gasteiger partial charge in [0.15, 0.2) is 0 Å². The fourth-order valence-electron chi connectivity index (χ4n) is 3.51. The van der Waals surface area contributed by atoms with Crippen LogP contribution in [0, 0.1) is 0 Å². The van der Waals surface area contributed by atoms with E-state index in [1.165, 1.54) is 4.90 Å². The molecule has 0 spiro atoms. The molecule has 2 aliphatic heterocycles. The van der Waals surface area contributed by atoms with Crippen molar-refractivity contribution in [2.75, 3.05) is 26.7 Å². The molecule has 7 nitrogen and oxygen atoms in total. The van der Waals surface area contributed by atoms with E-state index in [1.54, 1.807) is 24.2 Å². The number of alkyl halides is 2. The topological polar surface area (TPSA) is 63.5 Å². The highest BCUT2D eigenvalue weighted by Crippen LogP contribution is 2.31. The Labute approximate surface area is 149 Å². The Bertz CT molecular complexity index is 817. The highest BCUT2D eigenvalue weighted by molar-refractivity contribution is 5.82. The van der Waals surface area contributed by atoms with E-state index in [9.17, 15) is 13.6 Å². The zero-order valence-electron chi connectivity index (χ0n) is 14.3. The first-order chi connectivity index (χ1) is 12.5. The van der Waals surface area contributed by atoms with Crippen molar-refractivity contribution in [1.29, 1.82) is 0 Å². The molecule has 0 radical (unpaired) electrons. The third-order valence-corrected chi connectivity index (χ3v) is 4.74. The van der Waals surface area contributed by atoms with Crippen LogP contribution in [0.3, 0.4) is 0 Å². The molecule has 138 valence electrons. The molecule has 4 rings (SSSR count). The number of hydrogen-bond donors (Lipinski definition) is 0. The largest absolute Gasteiger partial charge is 0.481 e. The molecule has 1 saturated heterocycles. The van der Waals surface area contributed by atoms with Crippen LogP contribution in [-0.2, 0) is 17.9 Å². The van der Waals surface area contributed by atoms with E-state index in [0.717, 1.165) is 11.3 Å². The lowest BCUT2D eigenvalue weighted by molar-refractivity contribution is -0.170. The lowest BCUT2D eigenvalue weighted by Crippen LogP contribution is -2.61. The molecule has 2 aromatic heterocycles. The van der Waals surface area contributed by atoms with Crippen LogP contribution in [0.5, 0.6) is 5.88 Å². The number of carbonyl (C=O) groups is 1. The first-order valence-electron chi connectivity index (χ1n) is 8.36. The number of methoxy groups -OCH3 is 1. The Kier molecular flexibility index (Phi) is 4.10.